The van der Waals surface area contributed by atoms with E-state index in [1.54, 1.807) is 0 Å². The average molecular weight is 195 g/mol. The number of carbonyl (C=O) groups is 1. The van der Waals surface area contributed by atoms with Crippen LogP contribution in [0.2, 0.25) is 0 Å². The van der Waals surface area contributed by atoms with E-state index < -0.39 is 0 Å². The molecule has 3 atom stereocenters. The fraction of sp³-hybridized carbons (Fsp3) is 0.909. The van der Waals surface area contributed by atoms with Crippen molar-refractivity contribution in [1.82, 2.24) is 4.90 Å². The van der Waals surface area contributed by atoms with Crippen LogP contribution in [0.5, 0.6) is 0 Å². The Bertz CT molecular complexity index is 247. The van der Waals surface area contributed by atoms with E-state index in [0.717, 1.165) is 37.6 Å². The minimum Gasteiger partial charge on any atom is -0.391 e. The van der Waals surface area contributed by atoms with Crippen LogP contribution < -0.4 is 0 Å². The number of aliphatic hydroxyl groups excluding tert-OH is 1. The molecule has 3 rings (SSSR count). The van der Waals surface area contributed by atoms with Gasteiger partial charge >= 0.3 is 0 Å². The van der Waals surface area contributed by atoms with Crippen molar-refractivity contribution in [2.75, 3.05) is 13.1 Å². The van der Waals surface area contributed by atoms with Crippen molar-refractivity contribution in [2.24, 2.45) is 17.8 Å². The van der Waals surface area contributed by atoms with Gasteiger partial charge in [-0.15, -0.1) is 0 Å². The summed E-state index contributed by atoms with van der Waals surface area (Å²) in [6.45, 7) is 1.34. The third-order valence-corrected chi connectivity index (χ3v) is 4.07. The molecule has 1 amide bonds. The molecule has 14 heavy (non-hydrogen) atoms. The highest BCUT2D eigenvalue weighted by Gasteiger charge is 2.49. The topological polar surface area (TPSA) is 40.5 Å². The third-order valence-electron chi connectivity index (χ3n) is 4.07. The number of nitrogens with zero attached hydrogens (tertiary/aromatic N) is 1. The van der Waals surface area contributed by atoms with Crippen molar-refractivity contribution in [1.29, 1.82) is 0 Å². The molecule has 2 unspecified atom stereocenters. The van der Waals surface area contributed by atoms with E-state index in [0.29, 0.717) is 18.4 Å². The average Bonchev–Trinajstić information content (AvgIpc) is 2.64. The first-order valence-corrected chi connectivity index (χ1v) is 5.71. The highest BCUT2D eigenvalue weighted by Crippen LogP contribution is 2.54. The van der Waals surface area contributed by atoms with Gasteiger partial charge in [0.1, 0.15) is 0 Å². The number of hydrogen-bond acceptors (Lipinski definition) is 2. The highest BCUT2D eigenvalue weighted by atomic mass is 16.3. The van der Waals surface area contributed by atoms with Crippen LogP contribution in [0, 0.1) is 17.8 Å². The molecule has 1 N–H and O–H groups in total. The maximum atomic E-state index is 12.0. The molecule has 3 nitrogen and oxygen atoms in total. The van der Waals surface area contributed by atoms with Crippen LogP contribution in [0.25, 0.3) is 0 Å². The predicted octanol–water partition coefficient (Wildman–Crippen LogP) is 0.626. The molecule has 3 fully saturated rings. The zero-order valence-electron chi connectivity index (χ0n) is 8.35. The van der Waals surface area contributed by atoms with E-state index in [9.17, 15) is 9.90 Å². The molecule has 0 aromatic rings. The minimum absolute atomic E-state index is 0.269. The third kappa shape index (κ3) is 1.34. The molecule has 0 aromatic carbocycles. The van der Waals surface area contributed by atoms with Crippen molar-refractivity contribution in [2.45, 2.75) is 31.8 Å². The molecule has 2 saturated carbocycles. The molecule has 0 radical (unpaired) electrons. The van der Waals surface area contributed by atoms with Gasteiger partial charge in [0.25, 0.3) is 0 Å². The molecule has 3 heteroatoms. The maximum absolute atomic E-state index is 12.0. The molecule has 2 aliphatic carbocycles. The summed E-state index contributed by atoms with van der Waals surface area (Å²) in [5.41, 5.74) is 0. The zero-order chi connectivity index (χ0) is 9.71. The lowest BCUT2D eigenvalue weighted by Gasteiger charge is -2.20. The number of fused-ring (bicyclic) bond motifs is 1. The van der Waals surface area contributed by atoms with E-state index in [4.69, 9.17) is 0 Å². The van der Waals surface area contributed by atoms with Gasteiger partial charge in [0, 0.05) is 19.0 Å². The second-order valence-corrected chi connectivity index (χ2v) is 5.15. The normalized spacial score (nSPS) is 45.4. The molecule has 1 saturated heterocycles. The Hall–Kier alpha value is -0.570. The van der Waals surface area contributed by atoms with Gasteiger partial charge in [-0.3, -0.25) is 4.79 Å². The van der Waals surface area contributed by atoms with Gasteiger partial charge in [0.15, 0.2) is 0 Å². The standard InChI is InChI=1S/C11H17NO2/c13-10-1-2-12(6-10)11(14)9-4-7-3-8(7)5-9/h7-10,13H,1-6H2/t7?,8?,9?,10-/m0/s1. The maximum Gasteiger partial charge on any atom is 0.225 e. The van der Waals surface area contributed by atoms with Crippen molar-refractivity contribution < 1.29 is 9.90 Å². The first-order valence-electron chi connectivity index (χ1n) is 5.71. The predicted molar refractivity (Wildman–Crippen MR) is 51.5 cm³/mol. The first kappa shape index (κ1) is 8.72. The number of rotatable bonds is 1. The minimum atomic E-state index is -0.269. The monoisotopic (exact) mass is 195 g/mol. The lowest BCUT2D eigenvalue weighted by atomic mass is 10.0. The van der Waals surface area contributed by atoms with Gasteiger partial charge in [-0.25, -0.2) is 0 Å². The Kier molecular flexibility index (Phi) is 1.84. The van der Waals surface area contributed by atoms with Crippen molar-refractivity contribution in [3.63, 3.8) is 0 Å². The van der Waals surface area contributed by atoms with Gasteiger partial charge in [-0.05, 0) is 37.5 Å². The molecule has 78 valence electrons. The van der Waals surface area contributed by atoms with Crippen LogP contribution in [0.15, 0.2) is 0 Å². The Labute approximate surface area is 84.1 Å². The van der Waals surface area contributed by atoms with Crippen LogP contribution in [-0.2, 0) is 4.79 Å². The van der Waals surface area contributed by atoms with Gasteiger partial charge in [0.2, 0.25) is 5.91 Å². The summed E-state index contributed by atoms with van der Waals surface area (Å²) in [5.74, 6) is 2.35. The number of hydrogen-bond donors (Lipinski definition) is 1. The molecule has 1 heterocycles. The Morgan fingerprint density at radius 2 is 1.93 bits per heavy atom. The van der Waals surface area contributed by atoms with Crippen molar-refractivity contribution in [3.05, 3.63) is 0 Å². The summed E-state index contributed by atoms with van der Waals surface area (Å²) in [5, 5.41) is 9.36. The molecular formula is C11H17NO2. The van der Waals surface area contributed by atoms with E-state index in [1.807, 2.05) is 4.90 Å². The summed E-state index contributed by atoms with van der Waals surface area (Å²) >= 11 is 0. The fourth-order valence-corrected chi connectivity index (χ4v) is 3.12. The van der Waals surface area contributed by atoms with Gasteiger partial charge in [-0.1, -0.05) is 0 Å². The second kappa shape index (κ2) is 2.96. The van der Waals surface area contributed by atoms with Crippen molar-refractivity contribution in [3.8, 4) is 0 Å². The fourth-order valence-electron chi connectivity index (χ4n) is 3.12. The molecule has 0 aromatic heterocycles. The Balaban J connectivity index is 1.59. The van der Waals surface area contributed by atoms with Crippen LogP contribution in [0.3, 0.4) is 0 Å². The lowest BCUT2D eigenvalue weighted by molar-refractivity contribution is -0.134. The van der Waals surface area contributed by atoms with Crippen molar-refractivity contribution >= 4 is 5.91 Å². The summed E-state index contributed by atoms with van der Waals surface area (Å²) in [7, 11) is 0. The van der Waals surface area contributed by atoms with E-state index in [1.165, 1.54) is 6.42 Å². The van der Waals surface area contributed by atoms with Crippen LogP contribution in [0.1, 0.15) is 25.7 Å². The number of carbonyl (C=O) groups excluding carboxylic acids is 1. The van der Waals surface area contributed by atoms with Crippen LogP contribution in [0.4, 0.5) is 0 Å². The first-order chi connectivity index (χ1) is 6.74. The molecule has 3 aliphatic rings. The van der Waals surface area contributed by atoms with Gasteiger partial charge in [0.05, 0.1) is 6.10 Å². The van der Waals surface area contributed by atoms with Gasteiger partial charge < -0.3 is 10.0 Å². The lowest BCUT2D eigenvalue weighted by Crippen LogP contribution is -2.34. The Morgan fingerprint density at radius 1 is 1.21 bits per heavy atom. The van der Waals surface area contributed by atoms with E-state index in [-0.39, 0.29) is 6.10 Å². The summed E-state index contributed by atoms with van der Waals surface area (Å²) in [6, 6.07) is 0. The van der Waals surface area contributed by atoms with Crippen LogP contribution >= 0.6 is 0 Å². The highest BCUT2D eigenvalue weighted by molar-refractivity contribution is 5.79. The molecular weight excluding hydrogens is 178 g/mol. The van der Waals surface area contributed by atoms with Gasteiger partial charge in [-0.2, -0.15) is 0 Å². The molecule has 1 aliphatic heterocycles. The number of likely N-dealkylation sites (tertiary alicyclic amines) is 1. The number of amides is 1. The zero-order valence-corrected chi connectivity index (χ0v) is 8.35. The number of aliphatic hydroxyl groups is 1. The smallest absolute Gasteiger partial charge is 0.225 e. The quantitative estimate of drug-likeness (QED) is 0.666. The molecule has 0 spiro atoms. The number of β-amino-alcohol motifs (C(OH)–C–C–N with tert-alkyl or cyclic N) is 1. The van der Waals surface area contributed by atoms with Crippen LogP contribution in [-0.4, -0.2) is 35.1 Å². The largest absolute Gasteiger partial charge is 0.391 e. The Morgan fingerprint density at radius 3 is 2.50 bits per heavy atom. The second-order valence-electron chi connectivity index (χ2n) is 5.15. The summed E-state index contributed by atoms with van der Waals surface area (Å²) in [6.07, 6.45) is 4.11. The summed E-state index contributed by atoms with van der Waals surface area (Å²) < 4.78 is 0. The van der Waals surface area contributed by atoms with E-state index >= 15 is 0 Å². The van der Waals surface area contributed by atoms with E-state index in [2.05, 4.69) is 0 Å². The molecule has 0 bridgehead atoms. The summed E-state index contributed by atoms with van der Waals surface area (Å²) in [4.78, 5) is 13.8. The SMILES string of the molecule is O=C(C1CC2CC2C1)N1CC[C@H](O)C1.